The first-order chi connectivity index (χ1) is 16.6. The number of nitrogens with two attached hydrogens (primary N) is 1. The lowest BCUT2D eigenvalue weighted by Crippen LogP contribution is -2.58. The van der Waals surface area contributed by atoms with Crippen LogP contribution in [0.25, 0.3) is 0 Å². The minimum Gasteiger partial charge on any atom is -0.481 e. The van der Waals surface area contributed by atoms with Gasteiger partial charge in [-0.25, -0.2) is 4.79 Å². The van der Waals surface area contributed by atoms with E-state index in [4.69, 9.17) is 10.8 Å². The lowest BCUT2D eigenvalue weighted by molar-refractivity contribution is -0.143. The quantitative estimate of drug-likeness (QED) is 0.139. The zero-order valence-electron chi connectivity index (χ0n) is 19.3. The number of nitrogens with one attached hydrogen (secondary N) is 3. The average Bonchev–Trinajstić information content (AvgIpc) is 2.82. The van der Waals surface area contributed by atoms with Crippen LogP contribution in [0.4, 0.5) is 0 Å². The molecule has 0 aliphatic rings. The first-order valence-corrected chi connectivity index (χ1v) is 12.2. The molecule has 35 heavy (non-hydrogen) atoms. The first kappa shape index (κ1) is 29.9. The van der Waals surface area contributed by atoms with Crippen molar-refractivity contribution in [3.8, 4) is 0 Å². The highest BCUT2D eigenvalue weighted by molar-refractivity contribution is 7.98. The number of benzene rings is 1. The molecule has 8 N–H and O–H groups in total. The van der Waals surface area contributed by atoms with Gasteiger partial charge in [0.05, 0.1) is 12.6 Å². The van der Waals surface area contributed by atoms with Gasteiger partial charge in [0.15, 0.2) is 0 Å². The molecule has 1 rings (SSSR count). The van der Waals surface area contributed by atoms with E-state index in [1.807, 2.05) is 0 Å². The van der Waals surface area contributed by atoms with E-state index >= 15 is 0 Å². The van der Waals surface area contributed by atoms with Crippen molar-refractivity contribution in [1.29, 1.82) is 0 Å². The van der Waals surface area contributed by atoms with Gasteiger partial charge in [-0.3, -0.25) is 19.2 Å². The van der Waals surface area contributed by atoms with Crippen molar-refractivity contribution in [3.63, 3.8) is 0 Å². The van der Waals surface area contributed by atoms with E-state index < -0.39 is 66.9 Å². The smallest absolute Gasteiger partial charge is 0.326 e. The largest absolute Gasteiger partial charge is 0.481 e. The first-order valence-electron chi connectivity index (χ1n) is 10.8. The van der Waals surface area contributed by atoms with Crippen molar-refractivity contribution < 1.29 is 39.3 Å². The molecule has 3 amide bonds. The second-order valence-corrected chi connectivity index (χ2v) is 8.70. The number of carbonyl (C=O) groups excluding carboxylic acids is 3. The molecule has 0 heterocycles. The third-order valence-corrected chi connectivity index (χ3v) is 5.60. The predicted molar refractivity (Wildman–Crippen MR) is 129 cm³/mol. The maximum absolute atomic E-state index is 12.7. The Kier molecular flexibility index (Phi) is 13.4. The summed E-state index contributed by atoms with van der Waals surface area (Å²) in [4.78, 5) is 60.2. The second kappa shape index (κ2) is 15.7. The third kappa shape index (κ3) is 11.2. The van der Waals surface area contributed by atoms with Crippen LogP contribution in [-0.4, -0.2) is 87.8 Å². The fourth-order valence-electron chi connectivity index (χ4n) is 3.01. The molecule has 1 aromatic carbocycles. The fraction of sp³-hybridized carbons (Fsp3) is 0.500. The maximum atomic E-state index is 12.7. The number of hydrogen-bond donors (Lipinski definition) is 7. The molecule has 0 saturated heterocycles. The number of carboxylic acid groups (broad SMARTS) is 2. The van der Waals surface area contributed by atoms with Crippen LogP contribution in [-0.2, 0) is 30.4 Å². The van der Waals surface area contributed by atoms with E-state index in [-0.39, 0.29) is 19.3 Å². The molecule has 4 unspecified atom stereocenters. The van der Waals surface area contributed by atoms with Gasteiger partial charge in [-0.15, -0.1) is 0 Å². The van der Waals surface area contributed by atoms with E-state index in [2.05, 4.69) is 16.0 Å². The Morgan fingerprint density at radius 3 is 2.00 bits per heavy atom. The number of carbonyl (C=O) groups is 5. The molecule has 0 radical (unpaired) electrons. The number of hydrogen-bond acceptors (Lipinski definition) is 8. The summed E-state index contributed by atoms with van der Waals surface area (Å²) < 4.78 is 0. The van der Waals surface area contributed by atoms with Crippen LogP contribution in [0.2, 0.25) is 0 Å². The van der Waals surface area contributed by atoms with Gasteiger partial charge in [-0.2, -0.15) is 11.8 Å². The summed E-state index contributed by atoms with van der Waals surface area (Å²) in [5.74, 6) is -4.61. The maximum Gasteiger partial charge on any atom is 0.326 e. The molecule has 0 fully saturated rings. The molecule has 0 saturated carbocycles. The Morgan fingerprint density at radius 2 is 1.46 bits per heavy atom. The number of aliphatic hydroxyl groups excluding tert-OH is 1. The number of rotatable bonds is 16. The monoisotopic (exact) mass is 512 g/mol. The van der Waals surface area contributed by atoms with Gasteiger partial charge in [-0.05, 0) is 36.8 Å². The molecule has 0 aliphatic carbocycles. The van der Waals surface area contributed by atoms with E-state index in [1.165, 1.54) is 11.8 Å². The Morgan fingerprint density at radius 1 is 0.886 bits per heavy atom. The van der Waals surface area contributed by atoms with Crippen LogP contribution in [0.15, 0.2) is 30.3 Å². The molecule has 12 nitrogen and oxygen atoms in total. The van der Waals surface area contributed by atoms with Crippen LogP contribution >= 0.6 is 11.8 Å². The van der Waals surface area contributed by atoms with Crippen molar-refractivity contribution >= 4 is 41.4 Å². The molecule has 0 bridgehead atoms. The Hall–Kier alpha value is -3.16. The Balaban J connectivity index is 2.84. The van der Waals surface area contributed by atoms with Crippen molar-refractivity contribution in [2.75, 3.05) is 18.6 Å². The molecule has 4 atom stereocenters. The molecular weight excluding hydrogens is 480 g/mol. The number of aliphatic carboxylic acids is 2. The number of amides is 3. The topological polar surface area (TPSA) is 208 Å². The molecule has 1 aromatic rings. The number of carboxylic acids is 2. The SMILES string of the molecule is CSCCC(NC(=O)C(CCC(=O)O)NC(=O)C(CO)NC(=O)C(N)Cc1ccccc1)C(=O)O. The molecule has 0 aromatic heterocycles. The van der Waals surface area contributed by atoms with Gasteiger partial charge in [-0.1, -0.05) is 30.3 Å². The van der Waals surface area contributed by atoms with Crippen LogP contribution in [0.3, 0.4) is 0 Å². The summed E-state index contributed by atoms with van der Waals surface area (Å²) in [7, 11) is 0. The number of thioether (sulfide) groups is 1. The highest BCUT2D eigenvalue weighted by atomic mass is 32.2. The zero-order valence-corrected chi connectivity index (χ0v) is 20.1. The van der Waals surface area contributed by atoms with E-state index in [0.29, 0.717) is 5.75 Å². The van der Waals surface area contributed by atoms with Gasteiger partial charge in [0.2, 0.25) is 17.7 Å². The van der Waals surface area contributed by atoms with Crippen LogP contribution in [0.5, 0.6) is 0 Å². The lowest BCUT2D eigenvalue weighted by Gasteiger charge is -2.24. The minimum atomic E-state index is -1.46. The zero-order chi connectivity index (χ0) is 26.4. The van der Waals surface area contributed by atoms with Gasteiger partial charge < -0.3 is 37.0 Å². The summed E-state index contributed by atoms with van der Waals surface area (Å²) in [6, 6.07) is 3.80. The van der Waals surface area contributed by atoms with Gasteiger partial charge in [0.25, 0.3) is 0 Å². The van der Waals surface area contributed by atoms with E-state index in [0.717, 1.165) is 5.56 Å². The molecule has 13 heteroatoms. The molecule has 194 valence electrons. The van der Waals surface area contributed by atoms with Crippen molar-refractivity contribution in [3.05, 3.63) is 35.9 Å². The lowest BCUT2D eigenvalue weighted by atomic mass is 10.1. The van der Waals surface area contributed by atoms with E-state index in [1.54, 1.807) is 36.6 Å². The minimum absolute atomic E-state index is 0.121. The second-order valence-electron chi connectivity index (χ2n) is 7.71. The molecular formula is C22H32N4O8S. The van der Waals surface area contributed by atoms with Crippen molar-refractivity contribution in [1.82, 2.24) is 16.0 Å². The third-order valence-electron chi connectivity index (χ3n) is 4.96. The van der Waals surface area contributed by atoms with Gasteiger partial charge in [0.1, 0.15) is 18.1 Å². The molecule has 0 spiro atoms. The Bertz CT molecular complexity index is 870. The predicted octanol–water partition coefficient (Wildman–Crippen LogP) is -1.29. The average molecular weight is 513 g/mol. The standard InChI is InChI=1S/C22H32N4O8S/c1-35-10-9-16(22(33)34)25-20(31)15(7-8-18(28)29)24-21(32)17(12-27)26-19(30)14(23)11-13-5-3-2-4-6-13/h2-6,14-17,27H,7-12,23H2,1H3,(H,24,32)(H,25,31)(H,26,30)(H,28,29)(H,33,34). The van der Waals surface area contributed by atoms with Crippen LogP contribution in [0.1, 0.15) is 24.8 Å². The van der Waals surface area contributed by atoms with Crippen molar-refractivity contribution in [2.24, 2.45) is 5.73 Å². The summed E-state index contributed by atoms with van der Waals surface area (Å²) in [6.07, 6.45) is 1.26. The van der Waals surface area contributed by atoms with Crippen LogP contribution in [0, 0.1) is 0 Å². The normalized spacial score (nSPS) is 14.1. The fourth-order valence-corrected chi connectivity index (χ4v) is 3.48. The molecule has 0 aliphatic heterocycles. The summed E-state index contributed by atoms with van der Waals surface area (Å²) in [5.41, 5.74) is 6.69. The summed E-state index contributed by atoms with van der Waals surface area (Å²) in [5, 5.41) is 34.8. The van der Waals surface area contributed by atoms with Crippen molar-refractivity contribution in [2.45, 2.75) is 49.9 Å². The highest BCUT2D eigenvalue weighted by Crippen LogP contribution is 2.05. The van der Waals surface area contributed by atoms with Gasteiger partial charge >= 0.3 is 11.9 Å². The highest BCUT2D eigenvalue weighted by Gasteiger charge is 2.30. The summed E-state index contributed by atoms with van der Waals surface area (Å²) >= 11 is 1.38. The van der Waals surface area contributed by atoms with Crippen LogP contribution < -0.4 is 21.7 Å². The summed E-state index contributed by atoms with van der Waals surface area (Å²) in [6.45, 7) is -0.811. The number of aliphatic hydroxyl groups is 1. The van der Waals surface area contributed by atoms with E-state index in [9.17, 15) is 34.2 Å². The van der Waals surface area contributed by atoms with Gasteiger partial charge in [0, 0.05) is 6.42 Å². The Labute approximate surface area is 207 Å².